The molecule has 2 aromatic carbocycles. The number of hydrogen-bond donors (Lipinski definition) is 6. The molecule has 2 aliphatic heterocycles. The third kappa shape index (κ3) is 14.8. The number of carbonyl (C=O) groups excluding carboxylic acids is 6. The van der Waals surface area contributed by atoms with Crippen molar-refractivity contribution in [3.63, 3.8) is 0 Å². The number of likely N-dealkylation sites (tertiary alicyclic amines) is 2. The molecule has 0 saturated carbocycles. The minimum Gasteiger partial charge on any atom is -0.372 e. The molecule has 10 atom stereocenters. The first kappa shape index (κ1) is 57.6. The first-order chi connectivity index (χ1) is 32.8. The van der Waals surface area contributed by atoms with Crippen LogP contribution in [0.15, 0.2) is 60.7 Å². The van der Waals surface area contributed by atoms with Crippen LogP contribution in [0.25, 0.3) is 0 Å². The molecule has 0 radical (unpaired) electrons. The molecular formula is C52H74Cl2N8O8. The SMILES string of the molecule is CN[C@@H](C)C(=O)N[C@H](C(=O)N1CCC[C@H]1C(=O)N[C@@H]1CCCc2ccccc21)[C@@H](C)OCC#CC=CCO[C@H](C)[C@H](NC(=O)[C@H](C)NC)C(=O)N1CCC[C@H]1C(=O)N[C@@H]1CCCc2ccccc21.Cl.Cl. The maximum absolute atomic E-state index is 14.2. The number of fused-ring (bicyclic) bond motifs is 2. The molecule has 0 spiro atoms. The van der Waals surface area contributed by atoms with Crippen LogP contribution in [0.1, 0.15) is 113 Å². The maximum Gasteiger partial charge on any atom is 0.248 e. The number of benzene rings is 2. The van der Waals surface area contributed by atoms with Crippen LogP contribution in [-0.2, 0) is 51.1 Å². The van der Waals surface area contributed by atoms with Gasteiger partial charge in [0.05, 0.1) is 43.0 Å². The Labute approximate surface area is 426 Å². The Morgan fingerprint density at radius 1 is 0.643 bits per heavy atom. The predicted molar refractivity (Wildman–Crippen MR) is 273 cm³/mol. The van der Waals surface area contributed by atoms with E-state index in [1.807, 2.05) is 24.3 Å². The van der Waals surface area contributed by atoms with Gasteiger partial charge in [0.25, 0.3) is 0 Å². The first-order valence-corrected chi connectivity index (χ1v) is 24.5. The molecule has 2 aliphatic carbocycles. The lowest BCUT2D eigenvalue weighted by molar-refractivity contribution is -0.145. The fraction of sp³-hybridized carbons (Fsp3) is 0.577. The summed E-state index contributed by atoms with van der Waals surface area (Å²) in [5, 5.41) is 18.0. The van der Waals surface area contributed by atoms with Crippen LogP contribution in [0.5, 0.6) is 0 Å². The zero-order valence-electron chi connectivity index (χ0n) is 41.4. The van der Waals surface area contributed by atoms with Crippen molar-refractivity contribution in [1.82, 2.24) is 41.7 Å². The topological polar surface area (TPSA) is 200 Å². The quantitative estimate of drug-likeness (QED) is 0.113. The molecule has 0 bridgehead atoms. The molecule has 70 heavy (non-hydrogen) atoms. The maximum atomic E-state index is 14.2. The third-order valence-electron chi connectivity index (χ3n) is 13.9. The van der Waals surface area contributed by atoms with Gasteiger partial charge in [-0.15, -0.1) is 24.8 Å². The average Bonchev–Trinajstić information content (AvgIpc) is 4.06. The fourth-order valence-corrected chi connectivity index (χ4v) is 9.67. The molecule has 6 amide bonds. The number of aryl methyl sites for hydroxylation is 2. The second-order valence-electron chi connectivity index (χ2n) is 18.5. The third-order valence-corrected chi connectivity index (χ3v) is 13.9. The molecule has 2 saturated heterocycles. The van der Waals surface area contributed by atoms with Gasteiger partial charge in [0.2, 0.25) is 35.4 Å². The lowest BCUT2D eigenvalue weighted by Crippen LogP contribution is -2.59. The number of carbonyl (C=O) groups is 6. The Kier molecular flexibility index (Phi) is 23.1. The van der Waals surface area contributed by atoms with Gasteiger partial charge in [-0.3, -0.25) is 28.8 Å². The van der Waals surface area contributed by atoms with Gasteiger partial charge in [-0.25, -0.2) is 0 Å². The van der Waals surface area contributed by atoms with Gasteiger partial charge in [0.1, 0.15) is 30.8 Å². The monoisotopic (exact) mass is 1010 g/mol. The summed E-state index contributed by atoms with van der Waals surface area (Å²) in [6.45, 7) is 7.59. The largest absolute Gasteiger partial charge is 0.372 e. The number of ether oxygens (including phenoxy) is 2. The molecule has 4 aliphatic rings. The molecule has 2 fully saturated rings. The summed E-state index contributed by atoms with van der Waals surface area (Å²) in [6.07, 6.45) is 9.61. The van der Waals surface area contributed by atoms with Gasteiger partial charge in [-0.1, -0.05) is 66.4 Å². The lowest BCUT2D eigenvalue weighted by atomic mass is 9.87. The van der Waals surface area contributed by atoms with Crippen LogP contribution < -0.4 is 31.9 Å². The van der Waals surface area contributed by atoms with Crippen molar-refractivity contribution >= 4 is 60.3 Å². The zero-order chi connectivity index (χ0) is 48.7. The normalized spacial score (nSPS) is 21.9. The summed E-state index contributed by atoms with van der Waals surface area (Å²) >= 11 is 0. The predicted octanol–water partition coefficient (Wildman–Crippen LogP) is 3.75. The Morgan fingerprint density at radius 2 is 1.09 bits per heavy atom. The van der Waals surface area contributed by atoms with Crippen molar-refractivity contribution in [2.24, 2.45) is 0 Å². The molecule has 6 N–H and O–H groups in total. The number of nitrogens with one attached hydrogen (secondary N) is 6. The molecular weight excluding hydrogens is 936 g/mol. The Hall–Kier alpha value is -5.02. The van der Waals surface area contributed by atoms with Gasteiger partial charge >= 0.3 is 0 Å². The summed E-state index contributed by atoms with van der Waals surface area (Å²) in [5.41, 5.74) is 4.70. The van der Waals surface area contributed by atoms with Crippen LogP contribution in [0.4, 0.5) is 0 Å². The Bertz CT molecular complexity index is 2200. The number of hydrogen-bond acceptors (Lipinski definition) is 10. The number of likely N-dealkylation sites (N-methyl/N-ethyl adjacent to an activating group) is 2. The number of rotatable bonds is 19. The van der Waals surface area contributed by atoms with Crippen molar-refractivity contribution in [3.05, 3.63) is 82.9 Å². The molecule has 2 aromatic rings. The Morgan fingerprint density at radius 3 is 1.54 bits per heavy atom. The smallest absolute Gasteiger partial charge is 0.248 e. The van der Waals surface area contributed by atoms with Crippen LogP contribution in [0.2, 0.25) is 0 Å². The first-order valence-electron chi connectivity index (χ1n) is 24.5. The number of halogens is 2. The van der Waals surface area contributed by atoms with E-state index in [9.17, 15) is 28.8 Å². The highest BCUT2D eigenvalue weighted by Crippen LogP contribution is 2.32. The zero-order valence-corrected chi connectivity index (χ0v) is 43.1. The minimum absolute atomic E-state index is 0. The van der Waals surface area contributed by atoms with E-state index in [4.69, 9.17) is 9.47 Å². The molecule has 384 valence electrons. The van der Waals surface area contributed by atoms with E-state index >= 15 is 0 Å². The van der Waals surface area contributed by atoms with Crippen LogP contribution in [-0.4, -0.2) is 134 Å². The second kappa shape index (κ2) is 28.1. The number of allylic oxidation sites excluding steroid dienone is 1. The summed E-state index contributed by atoms with van der Waals surface area (Å²) in [6, 6.07) is 11.4. The van der Waals surface area contributed by atoms with E-state index in [0.717, 1.165) is 49.7 Å². The summed E-state index contributed by atoms with van der Waals surface area (Å²) in [5.74, 6) is 3.90. The van der Waals surface area contributed by atoms with E-state index in [1.54, 1.807) is 63.7 Å². The highest BCUT2D eigenvalue weighted by molar-refractivity contribution is 5.95. The molecule has 6 rings (SSSR count). The summed E-state index contributed by atoms with van der Waals surface area (Å²) in [7, 11) is 3.32. The Balaban J connectivity index is 0.00000533. The number of amides is 6. The van der Waals surface area contributed by atoms with Crippen molar-refractivity contribution in [3.8, 4) is 11.8 Å². The average molecular weight is 1010 g/mol. The van der Waals surface area contributed by atoms with Gasteiger partial charge in [0.15, 0.2) is 0 Å². The van der Waals surface area contributed by atoms with Crippen molar-refractivity contribution in [1.29, 1.82) is 0 Å². The van der Waals surface area contributed by atoms with Gasteiger partial charge in [0, 0.05) is 13.1 Å². The van der Waals surface area contributed by atoms with Crippen LogP contribution >= 0.6 is 24.8 Å². The van der Waals surface area contributed by atoms with E-state index in [1.165, 1.54) is 11.1 Å². The molecule has 0 aromatic heterocycles. The second-order valence-corrected chi connectivity index (χ2v) is 18.5. The van der Waals surface area contributed by atoms with Crippen LogP contribution in [0.3, 0.4) is 0 Å². The van der Waals surface area contributed by atoms with Crippen molar-refractivity contribution in [2.45, 2.75) is 152 Å². The van der Waals surface area contributed by atoms with Crippen molar-refractivity contribution < 1.29 is 38.2 Å². The molecule has 2 heterocycles. The van der Waals surface area contributed by atoms with E-state index in [2.05, 4.69) is 68.0 Å². The summed E-state index contributed by atoms with van der Waals surface area (Å²) < 4.78 is 12.1. The van der Waals surface area contributed by atoms with E-state index in [-0.39, 0.29) is 79.6 Å². The van der Waals surface area contributed by atoms with Gasteiger partial charge < -0.3 is 51.2 Å². The van der Waals surface area contributed by atoms with Crippen LogP contribution in [0, 0.1) is 11.8 Å². The minimum atomic E-state index is -1.07. The highest BCUT2D eigenvalue weighted by atomic mass is 35.5. The molecule has 16 nitrogen and oxygen atoms in total. The van der Waals surface area contributed by atoms with Crippen molar-refractivity contribution in [2.75, 3.05) is 40.4 Å². The highest BCUT2D eigenvalue weighted by Gasteiger charge is 2.43. The lowest BCUT2D eigenvalue weighted by Gasteiger charge is -2.33. The van der Waals surface area contributed by atoms with Gasteiger partial charge in [-0.05, 0) is 134 Å². The van der Waals surface area contributed by atoms with Gasteiger partial charge in [-0.2, -0.15) is 0 Å². The number of nitrogens with zero attached hydrogens (tertiary/aromatic N) is 2. The standard InChI is InChI=1S/C52H72N8O8.2ClH/c1-33(53-5)47(61)57-45(51(65)59-29-17-27-43(59)49(63)55-41-25-15-21-37-19-9-11-23-39(37)41)35(3)67-31-13-7-8-14-32-68-36(4)46(58-48(62)34(2)54-6)52(66)60-30-18-28-44(60)50(64)56-42-26-16-22-38-20-10-12-24-40(38)42;;/h7,9-13,19-20,23-24,33-36,41-46,53-54H,15-18,21-22,25-32H2,1-6H3,(H,55,63)(H,56,64)(H,57,61)(H,58,62);2*1H/t33-,34-,35+,36+,41+,42+,43-,44-,45-,46-;;/m0../s1. The molecule has 0 unspecified atom stereocenters. The van der Waals surface area contributed by atoms with E-state index in [0.29, 0.717) is 38.8 Å². The molecule has 18 heteroatoms. The fourth-order valence-electron chi connectivity index (χ4n) is 9.67. The van der Waals surface area contributed by atoms with E-state index < -0.39 is 54.4 Å². The summed E-state index contributed by atoms with van der Waals surface area (Å²) in [4.78, 5) is 85.4.